The normalized spacial score (nSPS) is 15.1. The highest BCUT2D eigenvalue weighted by Crippen LogP contribution is 2.28. The Morgan fingerprint density at radius 3 is 2.72 bits per heavy atom. The van der Waals surface area contributed by atoms with Crippen molar-refractivity contribution in [1.82, 2.24) is 4.90 Å². The van der Waals surface area contributed by atoms with Crippen molar-refractivity contribution in [2.75, 3.05) is 13.1 Å². The molecule has 1 fully saturated rings. The second kappa shape index (κ2) is 6.05. The molecule has 0 heterocycles. The van der Waals surface area contributed by atoms with Crippen LogP contribution in [0.4, 0.5) is 0 Å². The standard InChI is InChI=1S/C14H17Cl2NO/c1-2-17(10-6-7-10)9-8-13(18)11-4-3-5-12(15)14(11)16/h3-5,10H,2,6-9H2,1H3. The Bertz CT molecular complexity index is 443. The van der Waals surface area contributed by atoms with E-state index in [4.69, 9.17) is 23.2 Å². The van der Waals surface area contributed by atoms with Gasteiger partial charge < -0.3 is 4.90 Å². The van der Waals surface area contributed by atoms with Gasteiger partial charge in [0.1, 0.15) is 0 Å². The van der Waals surface area contributed by atoms with Crippen molar-refractivity contribution in [1.29, 1.82) is 0 Å². The minimum absolute atomic E-state index is 0.0709. The molecule has 0 saturated heterocycles. The number of ketones is 1. The molecule has 0 N–H and O–H groups in total. The summed E-state index contributed by atoms with van der Waals surface area (Å²) in [4.78, 5) is 14.5. The molecule has 1 aromatic rings. The Labute approximate surface area is 118 Å². The van der Waals surface area contributed by atoms with Gasteiger partial charge in [-0.2, -0.15) is 0 Å². The lowest BCUT2D eigenvalue weighted by atomic mass is 10.1. The highest BCUT2D eigenvalue weighted by atomic mass is 35.5. The van der Waals surface area contributed by atoms with Gasteiger partial charge in [0.15, 0.2) is 5.78 Å². The first-order valence-corrected chi connectivity index (χ1v) is 7.10. The van der Waals surface area contributed by atoms with Crippen molar-refractivity contribution in [3.8, 4) is 0 Å². The predicted molar refractivity (Wildman–Crippen MR) is 75.7 cm³/mol. The van der Waals surface area contributed by atoms with Crippen molar-refractivity contribution < 1.29 is 4.79 Å². The van der Waals surface area contributed by atoms with E-state index in [1.807, 2.05) is 0 Å². The summed E-state index contributed by atoms with van der Waals surface area (Å²) in [5, 5.41) is 0.815. The number of rotatable bonds is 6. The molecule has 2 nitrogen and oxygen atoms in total. The third kappa shape index (κ3) is 3.25. The maximum atomic E-state index is 12.1. The monoisotopic (exact) mass is 285 g/mol. The minimum Gasteiger partial charge on any atom is -0.300 e. The van der Waals surface area contributed by atoms with Crippen LogP contribution < -0.4 is 0 Å². The lowest BCUT2D eigenvalue weighted by molar-refractivity contribution is 0.0964. The largest absolute Gasteiger partial charge is 0.300 e. The summed E-state index contributed by atoms with van der Waals surface area (Å²) in [5.41, 5.74) is 0.538. The molecule has 0 aliphatic heterocycles. The van der Waals surface area contributed by atoms with E-state index in [-0.39, 0.29) is 5.78 Å². The Morgan fingerprint density at radius 2 is 2.11 bits per heavy atom. The van der Waals surface area contributed by atoms with E-state index < -0.39 is 0 Å². The van der Waals surface area contributed by atoms with E-state index in [9.17, 15) is 4.79 Å². The summed E-state index contributed by atoms with van der Waals surface area (Å²) < 4.78 is 0. The van der Waals surface area contributed by atoms with Crippen LogP contribution in [0.1, 0.15) is 36.5 Å². The van der Waals surface area contributed by atoms with Crippen molar-refractivity contribution in [3.63, 3.8) is 0 Å². The molecule has 0 spiro atoms. The van der Waals surface area contributed by atoms with Crippen LogP contribution in [0.25, 0.3) is 0 Å². The average molecular weight is 286 g/mol. The zero-order chi connectivity index (χ0) is 13.1. The zero-order valence-electron chi connectivity index (χ0n) is 10.5. The summed E-state index contributed by atoms with van der Waals surface area (Å²) in [6, 6.07) is 5.89. The number of nitrogens with zero attached hydrogens (tertiary/aromatic N) is 1. The van der Waals surface area contributed by atoms with Gasteiger partial charge in [-0.25, -0.2) is 0 Å². The summed E-state index contributed by atoms with van der Waals surface area (Å²) in [6.07, 6.45) is 3.03. The summed E-state index contributed by atoms with van der Waals surface area (Å²) in [5.74, 6) is 0.0709. The Kier molecular flexibility index (Phi) is 4.66. The van der Waals surface area contributed by atoms with Gasteiger partial charge in [0, 0.05) is 24.6 Å². The van der Waals surface area contributed by atoms with Crippen LogP contribution >= 0.6 is 23.2 Å². The Balaban J connectivity index is 1.96. The van der Waals surface area contributed by atoms with Crippen LogP contribution in [-0.2, 0) is 0 Å². The summed E-state index contributed by atoms with van der Waals surface area (Å²) in [7, 11) is 0. The maximum Gasteiger partial charge on any atom is 0.165 e. The topological polar surface area (TPSA) is 20.3 Å². The molecule has 0 unspecified atom stereocenters. The predicted octanol–water partition coefficient (Wildman–Crippen LogP) is 4.05. The quantitative estimate of drug-likeness (QED) is 0.735. The van der Waals surface area contributed by atoms with Crippen LogP contribution in [0.5, 0.6) is 0 Å². The molecular formula is C14H17Cl2NO. The van der Waals surface area contributed by atoms with E-state index in [2.05, 4.69) is 11.8 Å². The van der Waals surface area contributed by atoms with Gasteiger partial charge in [0.25, 0.3) is 0 Å². The lowest BCUT2D eigenvalue weighted by Gasteiger charge is -2.19. The van der Waals surface area contributed by atoms with E-state index in [0.717, 1.165) is 13.1 Å². The second-order valence-corrected chi connectivity index (χ2v) is 5.42. The fourth-order valence-corrected chi connectivity index (χ4v) is 2.54. The van der Waals surface area contributed by atoms with Gasteiger partial charge in [-0.3, -0.25) is 4.79 Å². The van der Waals surface area contributed by atoms with Crippen LogP contribution in [0, 0.1) is 0 Å². The molecular weight excluding hydrogens is 269 g/mol. The second-order valence-electron chi connectivity index (χ2n) is 4.63. The van der Waals surface area contributed by atoms with Crippen molar-refractivity contribution in [2.24, 2.45) is 0 Å². The first-order valence-electron chi connectivity index (χ1n) is 6.34. The minimum atomic E-state index is 0.0709. The molecule has 0 radical (unpaired) electrons. The van der Waals surface area contributed by atoms with Crippen LogP contribution in [0.2, 0.25) is 10.0 Å². The first-order chi connectivity index (χ1) is 8.63. The molecule has 1 saturated carbocycles. The van der Waals surface area contributed by atoms with Crippen LogP contribution in [0.15, 0.2) is 18.2 Å². The number of benzene rings is 1. The molecule has 0 atom stereocenters. The van der Waals surface area contributed by atoms with Gasteiger partial charge >= 0.3 is 0 Å². The van der Waals surface area contributed by atoms with Gasteiger partial charge in [-0.1, -0.05) is 36.2 Å². The third-order valence-corrected chi connectivity index (χ3v) is 4.17. The van der Waals surface area contributed by atoms with E-state index >= 15 is 0 Å². The van der Waals surface area contributed by atoms with E-state index in [0.29, 0.717) is 28.1 Å². The number of halogens is 2. The lowest BCUT2D eigenvalue weighted by Crippen LogP contribution is -2.28. The van der Waals surface area contributed by atoms with E-state index in [1.165, 1.54) is 12.8 Å². The van der Waals surface area contributed by atoms with Crippen molar-refractivity contribution >= 4 is 29.0 Å². The fraction of sp³-hybridized carbons (Fsp3) is 0.500. The number of carbonyl (C=O) groups excluding carboxylic acids is 1. The van der Waals surface area contributed by atoms with Gasteiger partial charge in [0.2, 0.25) is 0 Å². The van der Waals surface area contributed by atoms with E-state index in [1.54, 1.807) is 18.2 Å². The number of hydrogen-bond donors (Lipinski definition) is 0. The smallest absolute Gasteiger partial charge is 0.165 e. The number of Topliss-reactive ketones (excluding diaryl/α,β-unsaturated/α-hetero) is 1. The highest BCUT2D eigenvalue weighted by molar-refractivity contribution is 6.43. The van der Waals surface area contributed by atoms with Crippen molar-refractivity contribution in [2.45, 2.75) is 32.2 Å². The van der Waals surface area contributed by atoms with Gasteiger partial charge in [-0.05, 0) is 31.5 Å². The van der Waals surface area contributed by atoms with Gasteiger partial charge in [-0.15, -0.1) is 0 Å². The average Bonchev–Trinajstić information content (AvgIpc) is 3.17. The number of hydrogen-bond acceptors (Lipinski definition) is 2. The third-order valence-electron chi connectivity index (χ3n) is 3.35. The van der Waals surface area contributed by atoms with Crippen LogP contribution in [0.3, 0.4) is 0 Å². The molecule has 1 aliphatic rings. The summed E-state index contributed by atoms with van der Waals surface area (Å²) in [6.45, 7) is 3.94. The molecule has 2 rings (SSSR count). The maximum absolute atomic E-state index is 12.1. The molecule has 0 amide bonds. The van der Waals surface area contributed by atoms with Crippen LogP contribution in [-0.4, -0.2) is 29.8 Å². The SMILES string of the molecule is CCN(CCC(=O)c1cccc(Cl)c1Cl)C1CC1. The zero-order valence-corrected chi connectivity index (χ0v) is 12.0. The first kappa shape index (κ1) is 13.9. The molecule has 1 aromatic carbocycles. The highest BCUT2D eigenvalue weighted by Gasteiger charge is 2.28. The Hall–Kier alpha value is -0.570. The molecule has 18 heavy (non-hydrogen) atoms. The Morgan fingerprint density at radius 1 is 1.39 bits per heavy atom. The molecule has 98 valence electrons. The molecule has 4 heteroatoms. The molecule has 0 aromatic heterocycles. The summed E-state index contributed by atoms with van der Waals surface area (Å²) >= 11 is 12.0. The fourth-order valence-electron chi connectivity index (χ4n) is 2.14. The molecule has 1 aliphatic carbocycles. The number of carbonyl (C=O) groups is 1. The van der Waals surface area contributed by atoms with Gasteiger partial charge in [0.05, 0.1) is 10.0 Å². The van der Waals surface area contributed by atoms with Crippen molar-refractivity contribution in [3.05, 3.63) is 33.8 Å². The molecule has 0 bridgehead atoms.